The Morgan fingerprint density at radius 1 is 0.931 bits per heavy atom. The molecule has 2 aromatic heterocycles. The SMILES string of the molecule is COc1ccc(-c2csc(-n3nc(-c4ccc(OC)cc4)cc3C(N)=O)n2)cc1. The summed E-state index contributed by atoms with van der Waals surface area (Å²) in [4.78, 5) is 16.6. The van der Waals surface area contributed by atoms with Gasteiger partial charge >= 0.3 is 0 Å². The summed E-state index contributed by atoms with van der Waals surface area (Å²) < 4.78 is 11.9. The number of aromatic nitrogens is 3. The molecule has 0 aliphatic heterocycles. The molecule has 0 saturated carbocycles. The molecule has 146 valence electrons. The van der Waals surface area contributed by atoms with Gasteiger partial charge in [-0.3, -0.25) is 4.79 Å². The normalized spacial score (nSPS) is 10.7. The van der Waals surface area contributed by atoms with Crippen LogP contribution in [0, 0.1) is 0 Å². The highest BCUT2D eigenvalue weighted by Gasteiger charge is 2.18. The lowest BCUT2D eigenvalue weighted by molar-refractivity contribution is 0.0993. The van der Waals surface area contributed by atoms with Crippen LogP contribution >= 0.6 is 11.3 Å². The van der Waals surface area contributed by atoms with E-state index in [2.05, 4.69) is 10.1 Å². The minimum Gasteiger partial charge on any atom is -0.497 e. The van der Waals surface area contributed by atoms with Crippen molar-refractivity contribution >= 4 is 17.2 Å². The standard InChI is InChI=1S/C21H18N4O3S/c1-27-15-7-3-13(4-8-15)17-11-19(20(22)26)25(24-17)21-23-18(12-29-21)14-5-9-16(28-2)10-6-14/h3-12H,1-2H3,(H2,22,26). The van der Waals surface area contributed by atoms with Crippen LogP contribution in [0.5, 0.6) is 11.5 Å². The molecule has 4 rings (SSSR count). The van der Waals surface area contributed by atoms with E-state index in [1.54, 1.807) is 20.3 Å². The molecule has 4 aromatic rings. The predicted molar refractivity (Wildman–Crippen MR) is 112 cm³/mol. The first kappa shape index (κ1) is 18.7. The van der Waals surface area contributed by atoms with Gasteiger partial charge in [0.25, 0.3) is 5.91 Å². The molecule has 8 heteroatoms. The third-order valence-corrected chi connectivity index (χ3v) is 5.22. The summed E-state index contributed by atoms with van der Waals surface area (Å²) >= 11 is 1.38. The average molecular weight is 406 g/mol. The topological polar surface area (TPSA) is 92.3 Å². The number of carbonyl (C=O) groups excluding carboxylic acids is 1. The van der Waals surface area contributed by atoms with Crippen molar-refractivity contribution in [3.8, 4) is 39.1 Å². The third-order valence-electron chi connectivity index (χ3n) is 4.41. The number of hydrogen-bond acceptors (Lipinski definition) is 6. The third kappa shape index (κ3) is 3.70. The highest BCUT2D eigenvalue weighted by Crippen LogP contribution is 2.28. The number of nitrogens with two attached hydrogens (primary N) is 1. The summed E-state index contributed by atoms with van der Waals surface area (Å²) in [6.07, 6.45) is 0. The van der Waals surface area contributed by atoms with E-state index in [4.69, 9.17) is 15.2 Å². The average Bonchev–Trinajstić information content (AvgIpc) is 3.41. The summed E-state index contributed by atoms with van der Waals surface area (Å²) in [7, 11) is 3.23. The monoisotopic (exact) mass is 406 g/mol. The Bertz CT molecular complexity index is 1150. The summed E-state index contributed by atoms with van der Waals surface area (Å²) in [5, 5.41) is 7.04. The summed E-state index contributed by atoms with van der Waals surface area (Å²) in [6, 6.07) is 16.7. The first-order valence-electron chi connectivity index (χ1n) is 8.73. The van der Waals surface area contributed by atoms with Gasteiger partial charge in [0.05, 0.1) is 25.6 Å². The van der Waals surface area contributed by atoms with Crippen molar-refractivity contribution < 1.29 is 14.3 Å². The number of thiazole rings is 1. The van der Waals surface area contributed by atoms with Gasteiger partial charge < -0.3 is 15.2 Å². The lowest BCUT2D eigenvalue weighted by Gasteiger charge is -2.02. The van der Waals surface area contributed by atoms with Crippen molar-refractivity contribution in [2.45, 2.75) is 0 Å². The predicted octanol–water partition coefficient (Wildman–Crippen LogP) is 3.78. The number of carbonyl (C=O) groups is 1. The van der Waals surface area contributed by atoms with E-state index < -0.39 is 5.91 Å². The number of primary amides is 1. The fourth-order valence-corrected chi connectivity index (χ4v) is 3.66. The zero-order valence-corrected chi connectivity index (χ0v) is 16.6. The molecule has 0 bridgehead atoms. The van der Waals surface area contributed by atoms with Gasteiger partial charge in [0.15, 0.2) is 0 Å². The van der Waals surface area contributed by atoms with Gasteiger partial charge in [0, 0.05) is 16.5 Å². The number of methoxy groups -OCH3 is 2. The lowest BCUT2D eigenvalue weighted by atomic mass is 10.1. The van der Waals surface area contributed by atoms with Gasteiger partial charge in [-0.25, -0.2) is 4.98 Å². The molecule has 2 N–H and O–H groups in total. The Kier molecular flexibility index (Phi) is 5.01. The summed E-state index contributed by atoms with van der Waals surface area (Å²) in [5.41, 5.74) is 9.05. The molecule has 29 heavy (non-hydrogen) atoms. The van der Waals surface area contributed by atoms with Gasteiger partial charge in [-0.15, -0.1) is 11.3 Å². The Labute approximate surface area is 171 Å². The van der Waals surface area contributed by atoms with Gasteiger partial charge in [-0.05, 0) is 54.6 Å². The van der Waals surface area contributed by atoms with Crippen LogP contribution in [0.1, 0.15) is 10.5 Å². The molecule has 7 nitrogen and oxygen atoms in total. The maximum atomic E-state index is 12.0. The van der Waals surface area contributed by atoms with Crippen LogP contribution in [0.2, 0.25) is 0 Å². The number of rotatable bonds is 6. The van der Waals surface area contributed by atoms with Crippen molar-refractivity contribution in [1.29, 1.82) is 0 Å². The number of nitrogens with zero attached hydrogens (tertiary/aromatic N) is 3. The van der Waals surface area contributed by atoms with E-state index in [1.807, 2.05) is 53.9 Å². The molecular formula is C21H18N4O3S. The van der Waals surface area contributed by atoms with Crippen molar-refractivity contribution in [2.75, 3.05) is 14.2 Å². The second-order valence-corrected chi connectivity index (χ2v) is 7.00. The van der Waals surface area contributed by atoms with Crippen LogP contribution in [0.25, 0.3) is 27.6 Å². The van der Waals surface area contributed by atoms with Crippen molar-refractivity contribution in [2.24, 2.45) is 5.73 Å². The number of ether oxygens (including phenoxy) is 2. The molecule has 0 aliphatic carbocycles. The molecule has 2 heterocycles. The highest BCUT2D eigenvalue weighted by molar-refractivity contribution is 7.12. The first-order valence-corrected chi connectivity index (χ1v) is 9.61. The molecule has 1 amide bonds. The van der Waals surface area contributed by atoms with Gasteiger partial charge in [0.1, 0.15) is 17.2 Å². The van der Waals surface area contributed by atoms with E-state index >= 15 is 0 Å². The van der Waals surface area contributed by atoms with Gasteiger partial charge in [0.2, 0.25) is 5.13 Å². The van der Waals surface area contributed by atoms with Gasteiger partial charge in [-0.1, -0.05) is 0 Å². The first-order chi connectivity index (χ1) is 14.1. The molecule has 0 aliphatic rings. The van der Waals surface area contributed by atoms with Crippen molar-refractivity contribution in [3.63, 3.8) is 0 Å². The smallest absolute Gasteiger partial charge is 0.267 e. The molecule has 0 radical (unpaired) electrons. The van der Waals surface area contributed by atoms with Crippen LogP contribution in [0.3, 0.4) is 0 Å². The van der Waals surface area contributed by atoms with Gasteiger partial charge in [-0.2, -0.15) is 9.78 Å². The number of benzene rings is 2. The van der Waals surface area contributed by atoms with Crippen molar-refractivity contribution in [1.82, 2.24) is 14.8 Å². The number of amides is 1. The van der Waals surface area contributed by atoms with Crippen molar-refractivity contribution in [3.05, 3.63) is 65.7 Å². The maximum Gasteiger partial charge on any atom is 0.267 e. The van der Waals surface area contributed by atoms with Crippen LogP contribution in [0.15, 0.2) is 60.0 Å². The molecule has 2 aromatic carbocycles. The summed E-state index contributed by atoms with van der Waals surface area (Å²) in [6.45, 7) is 0. The molecular weight excluding hydrogens is 388 g/mol. The van der Waals surface area contributed by atoms with E-state index in [0.29, 0.717) is 10.8 Å². The number of hydrogen-bond donors (Lipinski definition) is 1. The Balaban J connectivity index is 1.71. The molecule has 0 spiro atoms. The lowest BCUT2D eigenvalue weighted by Crippen LogP contribution is -2.16. The molecule has 0 atom stereocenters. The van der Waals surface area contributed by atoms with Crippen LogP contribution < -0.4 is 15.2 Å². The quantitative estimate of drug-likeness (QED) is 0.526. The maximum absolute atomic E-state index is 12.0. The van der Waals surface area contributed by atoms with E-state index in [1.165, 1.54) is 16.0 Å². The minimum atomic E-state index is -0.571. The molecule has 0 unspecified atom stereocenters. The Morgan fingerprint density at radius 3 is 2.00 bits per heavy atom. The molecule has 0 fully saturated rings. The Morgan fingerprint density at radius 2 is 1.48 bits per heavy atom. The van der Waals surface area contributed by atoms with E-state index in [0.717, 1.165) is 28.3 Å². The van der Waals surface area contributed by atoms with Crippen LogP contribution in [0.4, 0.5) is 0 Å². The zero-order chi connectivity index (χ0) is 20.4. The van der Waals surface area contributed by atoms with Crippen LogP contribution in [-0.2, 0) is 0 Å². The minimum absolute atomic E-state index is 0.270. The highest BCUT2D eigenvalue weighted by atomic mass is 32.1. The zero-order valence-electron chi connectivity index (χ0n) is 15.8. The largest absolute Gasteiger partial charge is 0.497 e. The Hall–Kier alpha value is -3.65. The van der Waals surface area contributed by atoms with E-state index in [-0.39, 0.29) is 5.69 Å². The second-order valence-electron chi connectivity index (χ2n) is 6.16. The fourth-order valence-electron chi connectivity index (χ4n) is 2.86. The van der Waals surface area contributed by atoms with Crippen LogP contribution in [-0.4, -0.2) is 34.9 Å². The van der Waals surface area contributed by atoms with E-state index in [9.17, 15) is 4.79 Å². The second kappa shape index (κ2) is 7.76. The fraction of sp³-hybridized carbons (Fsp3) is 0.0952. The molecule has 0 saturated heterocycles. The summed E-state index contributed by atoms with van der Waals surface area (Å²) in [5.74, 6) is 0.947.